The Morgan fingerprint density at radius 3 is 1.56 bits per heavy atom. The zero-order chi connectivity index (χ0) is 23.4. The van der Waals surface area contributed by atoms with E-state index >= 15 is 0 Å². The third-order valence-corrected chi connectivity index (χ3v) is 6.60. The molecule has 3 aliphatic rings. The predicted molar refractivity (Wildman–Crippen MR) is 120 cm³/mol. The molecule has 0 fully saturated rings. The number of rotatable bonds is 4. The first-order chi connectivity index (χ1) is 15.0. The molecule has 0 radical (unpaired) electrons. The molecule has 6 nitrogen and oxygen atoms in total. The number of carbonyl (C=O) groups excluding carboxylic acids is 2. The summed E-state index contributed by atoms with van der Waals surface area (Å²) in [5.41, 5.74) is 1.56. The van der Waals surface area contributed by atoms with Crippen molar-refractivity contribution in [3.8, 4) is 17.2 Å². The van der Waals surface area contributed by atoms with Gasteiger partial charge in [0.1, 0.15) is 11.5 Å². The summed E-state index contributed by atoms with van der Waals surface area (Å²) in [6.07, 6.45) is 2.14. The highest BCUT2D eigenvalue weighted by Crippen LogP contribution is 2.54. The van der Waals surface area contributed by atoms with Crippen LogP contribution in [0.3, 0.4) is 0 Å². The Balaban J connectivity index is 1.97. The number of methoxy groups -OCH3 is 3. The van der Waals surface area contributed by atoms with E-state index in [1.165, 1.54) is 0 Å². The van der Waals surface area contributed by atoms with Crippen LogP contribution in [0.2, 0.25) is 0 Å². The standard InChI is InChI=1S/C26H32O6/c1-25(2)10-15(27)22-19(12-25)32-20-13-26(3,4)11-16(28)23(20)21(22)14-8-17(29-5)24(31-7)18(9-14)30-6/h8-9,21H,10-13H2,1-7H3. The summed E-state index contributed by atoms with van der Waals surface area (Å²) in [7, 11) is 4.67. The number of ether oxygens (including phenoxy) is 4. The van der Waals surface area contributed by atoms with E-state index in [1.807, 2.05) is 12.1 Å². The van der Waals surface area contributed by atoms with E-state index in [1.54, 1.807) is 21.3 Å². The SMILES string of the molecule is COc1cc(C2C3=C(CC(C)(C)CC3=O)OC3=C2C(=O)CC(C)(C)C3)cc(OC)c1OC. The first kappa shape index (κ1) is 22.4. The lowest BCUT2D eigenvalue weighted by molar-refractivity contribution is -0.120. The van der Waals surface area contributed by atoms with Crippen LogP contribution in [0.15, 0.2) is 34.8 Å². The summed E-state index contributed by atoms with van der Waals surface area (Å²) in [5.74, 6) is 2.38. The van der Waals surface area contributed by atoms with Gasteiger partial charge in [0.05, 0.1) is 21.3 Å². The van der Waals surface area contributed by atoms with Gasteiger partial charge in [0, 0.05) is 42.7 Å². The zero-order valence-corrected chi connectivity index (χ0v) is 20.0. The second-order valence-electron chi connectivity index (χ2n) is 10.5. The maximum Gasteiger partial charge on any atom is 0.203 e. The first-order valence-electron chi connectivity index (χ1n) is 11.0. The van der Waals surface area contributed by atoms with Crippen molar-refractivity contribution in [3.63, 3.8) is 0 Å². The summed E-state index contributed by atoms with van der Waals surface area (Å²) in [6, 6.07) is 3.68. The number of hydrogen-bond acceptors (Lipinski definition) is 6. The molecule has 2 aliphatic carbocycles. The summed E-state index contributed by atoms with van der Waals surface area (Å²) >= 11 is 0. The van der Waals surface area contributed by atoms with Gasteiger partial charge in [-0.25, -0.2) is 0 Å². The molecule has 0 amide bonds. The molecule has 0 bridgehead atoms. The number of carbonyl (C=O) groups is 2. The topological polar surface area (TPSA) is 71.1 Å². The van der Waals surface area contributed by atoms with Crippen LogP contribution in [0.4, 0.5) is 0 Å². The molecule has 172 valence electrons. The molecular formula is C26H32O6. The Kier molecular flexibility index (Phi) is 5.38. The molecule has 0 atom stereocenters. The average molecular weight is 441 g/mol. The molecule has 4 rings (SSSR count). The smallest absolute Gasteiger partial charge is 0.203 e. The third-order valence-electron chi connectivity index (χ3n) is 6.60. The summed E-state index contributed by atoms with van der Waals surface area (Å²) in [5, 5.41) is 0. The lowest BCUT2D eigenvalue weighted by Gasteiger charge is -2.42. The van der Waals surface area contributed by atoms with Crippen molar-refractivity contribution in [3.05, 3.63) is 40.4 Å². The maximum absolute atomic E-state index is 13.4. The largest absolute Gasteiger partial charge is 0.493 e. The molecule has 1 aromatic carbocycles. The molecular weight excluding hydrogens is 408 g/mol. The molecule has 1 aromatic rings. The lowest BCUT2D eigenvalue weighted by atomic mass is 9.65. The Labute approximate surface area is 189 Å². The minimum Gasteiger partial charge on any atom is -0.493 e. The van der Waals surface area contributed by atoms with Gasteiger partial charge in [-0.05, 0) is 28.5 Å². The molecule has 0 spiro atoms. The Morgan fingerprint density at radius 1 is 0.750 bits per heavy atom. The van der Waals surface area contributed by atoms with Gasteiger partial charge < -0.3 is 18.9 Å². The van der Waals surface area contributed by atoms with Gasteiger partial charge in [0.25, 0.3) is 0 Å². The van der Waals surface area contributed by atoms with E-state index < -0.39 is 5.92 Å². The molecule has 0 N–H and O–H groups in total. The zero-order valence-electron chi connectivity index (χ0n) is 20.0. The fourth-order valence-corrected chi connectivity index (χ4v) is 5.28. The Hall–Kier alpha value is -2.76. The number of allylic oxidation sites excluding steroid dienone is 4. The maximum atomic E-state index is 13.4. The van der Waals surface area contributed by atoms with E-state index in [4.69, 9.17) is 18.9 Å². The van der Waals surface area contributed by atoms with Crippen LogP contribution in [0.5, 0.6) is 17.2 Å². The second-order valence-corrected chi connectivity index (χ2v) is 10.5. The van der Waals surface area contributed by atoms with Gasteiger partial charge in [0.2, 0.25) is 5.75 Å². The van der Waals surface area contributed by atoms with Gasteiger partial charge in [-0.2, -0.15) is 0 Å². The normalized spacial score (nSPS) is 22.2. The van der Waals surface area contributed by atoms with Gasteiger partial charge >= 0.3 is 0 Å². The highest BCUT2D eigenvalue weighted by molar-refractivity contribution is 6.06. The molecule has 1 aliphatic heterocycles. The lowest BCUT2D eigenvalue weighted by Crippen LogP contribution is -2.37. The van der Waals surface area contributed by atoms with Crippen LogP contribution in [0.1, 0.15) is 64.9 Å². The van der Waals surface area contributed by atoms with Crippen LogP contribution in [-0.4, -0.2) is 32.9 Å². The van der Waals surface area contributed by atoms with E-state index in [0.717, 1.165) is 5.56 Å². The van der Waals surface area contributed by atoms with Crippen molar-refractivity contribution in [2.45, 2.75) is 59.3 Å². The number of hydrogen-bond donors (Lipinski definition) is 0. The van der Waals surface area contributed by atoms with Crippen molar-refractivity contribution in [2.24, 2.45) is 10.8 Å². The van der Waals surface area contributed by atoms with E-state index in [-0.39, 0.29) is 22.4 Å². The monoisotopic (exact) mass is 440 g/mol. The van der Waals surface area contributed by atoms with Crippen LogP contribution < -0.4 is 14.2 Å². The average Bonchev–Trinajstić information content (AvgIpc) is 2.69. The molecule has 0 aromatic heterocycles. The van der Waals surface area contributed by atoms with Crippen molar-refractivity contribution in [1.29, 1.82) is 0 Å². The number of Topliss-reactive ketones (excluding diaryl/α,β-unsaturated/α-hetero) is 2. The minimum absolute atomic E-state index is 0.0270. The van der Waals surface area contributed by atoms with Gasteiger partial charge in [-0.1, -0.05) is 27.7 Å². The molecule has 0 saturated carbocycles. The Bertz CT molecular complexity index is 979. The van der Waals surface area contributed by atoms with Crippen LogP contribution in [0, 0.1) is 10.8 Å². The third kappa shape index (κ3) is 3.70. The van der Waals surface area contributed by atoms with Crippen molar-refractivity contribution >= 4 is 11.6 Å². The van der Waals surface area contributed by atoms with Crippen molar-refractivity contribution in [1.82, 2.24) is 0 Å². The van der Waals surface area contributed by atoms with Gasteiger partial charge in [-0.15, -0.1) is 0 Å². The molecule has 6 heteroatoms. The van der Waals surface area contributed by atoms with E-state index in [0.29, 0.717) is 65.6 Å². The van der Waals surface area contributed by atoms with Gasteiger partial charge in [0.15, 0.2) is 23.1 Å². The van der Waals surface area contributed by atoms with Crippen molar-refractivity contribution < 1.29 is 28.5 Å². The van der Waals surface area contributed by atoms with Crippen molar-refractivity contribution in [2.75, 3.05) is 21.3 Å². The van der Waals surface area contributed by atoms with Crippen LogP contribution in [-0.2, 0) is 14.3 Å². The molecule has 0 unspecified atom stereocenters. The highest BCUT2D eigenvalue weighted by atomic mass is 16.5. The molecule has 1 heterocycles. The first-order valence-corrected chi connectivity index (χ1v) is 11.0. The summed E-state index contributed by atoms with van der Waals surface area (Å²) < 4.78 is 23.0. The fourth-order valence-electron chi connectivity index (χ4n) is 5.28. The van der Waals surface area contributed by atoms with Crippen LogP contribution >= 0.6 is 0 Å². The fraction of sp³-hybridized carbons (Fsp3) is 0.538. The molecule has 32 heavy (non-hydrogen) atoms. The molecule has 0 saturated heterocycles. The predicted octanol–water partition coefficient (Wildman–Crippen LogP) is 5.11. The summed E-state index contributed by atoms with van der Waals surface area (Å²) in [4.78, 5) is 26.8. The van der Waals surface area contributed by atoms with E-state index in [2.05, 4.69) is 27.7 Å². The van der Waals surface area contributed by atoms with Crippen LogP contribution in [0.25, 0.3) is 0 Å². The van der Waals surface area contributed by atoms with E-state index in [9.17, 15) is 9.59 Å². The number of benzene rings is 1. The quantitative estimate of drug-likeness (QED) is 0.648. The second kappa shape index (κ2) is 7.68. The number of ketones is 2. The highest BCUT2D eigenvalue weighted by Gasteiger charge is 2.48. The summed E-state index contributed by atoms with van der Waals surface area (Å²) in [6.45, 7) is 8.30. The van der Waals surface area contributed by atoms with Gasteiger partial charge in [-0.3, -0.25) is 9.59 Å². The Morgan fingerprint density at radius 2 is 1.19 bits per heavy atom. The minimum atomic E-state index is -0.505.